The zero-order valence-corrected chi connectivity index (χ0v) is 16.2. The van der Waals surface area contributed by atoms with Crippen LogP contribution in [0, 0.1) is 13.8 Å². The predicted molar refractivity (Wildman–Crippen MR) is 100 cm³/mol. The van der Waals surface area contributed by atoms with Crippen molar-refractivity contribution in [2.45, 2.75) is 25.7 Å². The summed E-state index contributed by atoms with van der Waals surface area (Å²) in [6.07, 6.45) is 0. The van der Waals surface area contributed by atoms with Crippen LogP contribution in [0.1, 0.15) is 18.1 Å². The highest BCUT2D eigenvalue weighted by atomic mass is 32.2. The number of esters is 1. The minimum absolute atomic E-state index is 0.0702. The molecule has 2 aromatic carbocycles. The van der Waals surface area contributed by atoms with Crippen molar-refractivity contribution >= 4 is 21.7 Å². The summed E-state index contributed by atoms with van der Waals surface area (Å²) in [4.78, 5) is 12.1. The summed E-state index contributed by atoms with van der Waals surface area (Å²) >= 11 is 0. The van der Waals surface area contributed by atoms with Crippen molar-refractivity contribution in [2.24, 2.45) is 0 Å². The van der Waals surface area contributed by atoms with Gasteiger partial charge in [0.1, 0.15) is 12.3 Å². The Morgan fingerprint density at radius 1 is 1.04 bits per heavy atom. The van der Waals surface area contributed by atoms with Crippen molar-refractivity contribution < 1.29 is 22.7 Å². The van der Waals surface area contributed by atoms with Crippen LogP contribution in [-0.4, -0.2) is 34.6 Å². The number of rotatable bonds is 7. The van der Waals surface area contributed by atoms with Crippen molar-refractivity contribution in [1.82, 2.24) is 0 Å². The largest absolute Gasteiger partial charge is 0.497 e. The molecule has 0 bridgehead atoms. The number of ether oxygens (including phenoxy) is 2. The smallest absolute Gasteiger partial charge is 0.326 e. The molecule has 0 atom stereocenters. The van der Waals surface area contributed by atoms with E-state index < -0.39 is 22.5 Å². The summed E-state index contributed by atoms with van der Waals surface area (Å²) < 4.78 is 37.4. The number of nitrogens with zero attached hydrogens (tertiary/aromatic N) is 1. The third kappa shape index (κ3) is 4.35. The summed E-state index contributed by atoms with van der Waals surface area (Å²) in [7, 11) is -2.44. The van der Waals surface area contributed by atoms with Crippen LogP contribution >= 0.6 is 0 Å². The van der Waals surface area contributed by atoms with Crippen LogP contribution in [0.3, 0.4) is 0 Å². The molecule has 26 heavy (non-hydrogen) atoms. The minimum Gasteiger partial charge on any atom is -0.497 e. The standard InChI is InChI=1S/C19H23NO5S/c1-5-25-19(21)13-20(16-7-6-14(2)15(3)12-16)26(22,23)18-10-8-17(24-4)9-11-18/h6-12H,5,13H2,1-4H3. The molecule has 0 radical (unpaired) electrons. The van der Waals surface area contributed by atoms with E-state index >= 15 is 0 Å². The molecule has 0 N–H and O–H groups in total. The minimum atomic E-state index is -3.95. The molecule has 7 heteroatoms. The lowest BCUT2D eigenvalue weighted by Gasteiger charge is -2.24. The maximum atomic E-state index is 13.1. The molecule has 2 aromatic rings. The molecule has 2 rings (SSSR count). The quantitative estimate of drug-likeness (QED) is 0.694. The number of benzene rings is 2. The van der Waals surface area contributed by atoms with Gasteiger partial charge in [0, 0.05) is 0 Å². The van der Waals surface area contributed by atoms with Crippen LogP contribution in [-0.2, 0) is 19.6 Å². The molecule has 0 saturated carbocycles. The van der Waals surface area contributed by atoms with E-state index in [0.29, 0.717) is 11.4 Å². The van der Waals surface area contributed by atoms with Crippen molar-refractivity contribution in [3.8, 4) is 5.75 Å². The highest BCUT2D eigenvalue weighted by Crippen LogP contribution is 2.26. The lowest BCUT2D eigenvalue weighted by atomic mass is 10.1. The van der Waals surface area contributed by atoms with Crippen LogP contribution in [0.15, 0.2) is 47.4 Å². The number of methoxy groups -OCH3 is 1. The Morgan fingerprint density at radius 3 is 2.23 bits per heavy atom. The Morgan fingerprint density at radius 2 is 1.69 bits per heavy atom. The lowest BCUT2D eigenvalue weighted by molar-refractivity contribution is -0.141. The maximum absolute atomic E-state index is 13.1. The molecule has 0 unspecified atom stereocenters. The second-order valence-corrected chi connectivity index (χ2v) is 7.62. The average molecular weight is 377 g/mol. The molecule has 0 aliphatic rings. The Kier molecular flexibility index (Phi) is 6.26. The van der Waals surface area contributed by atoms with Crippen LogP contribution < -0.4 is 9.04 Å². The topological polar surface area (TPSA) is 72.9 Å². The zero-order valence-electron chi connectivity index (χ0n) is 15.4. The van der Waals surface area contributed by atoms with Crippen molar-refractivity contribution in [3.05, 3.63) is 53.6 Å². The summed E-state index contributed by atoms with van der Waals surface area (Å²) in [6.45, 7) is 5.29. The molecule has 0 aliphatic heterocycles. The van der Waals surface area contributed by atoms with E-state index in [1.54, 1.807) is 31.2 Å². The van der Waals surface area contributed by atoms with Crippen molar-refractivity contribution in [3.63, 3.8) is 0 Å². The highest BCUT2D eigenvalue weighted by Gasteiger charge is 2.28. The fourth-order valence-corrected chi connectivity index (χ4v) is 3.80. The summed E-state index contributed by atoms with van der Waals surface area (Å²) in [5.41, 5.74) is 2.38. The Hall–Kier alpha value is -2.54. The average Bonchev–Trinajstić information content (AvgIpc) is 2.62. The normalized spacial score (nSPS) is 11.1. The van der Waals surface area contributed by atoms with E-state index in [1.165, 1.54) is 19.2 Å². The molecular weight excluding hydrogens is 354 g/mol. The van der Waals surface area contributed by atoms with Crippen LogP contribution in [0.2, 0.25) is 0 Å². The number of hydrogen-bond donors (Lipinski definition) is 0. The molecule has 0 fully saturated rings. The Bertz CT molecular complexity index is 875. The van der Waals surface area contributed by atoms with Gasteiger partial charge in [-0.15, -0.1) is 0 Å². The van der Waals surface area contributed by atoms with Gasteiger partial charge in [0.15, 0.2) is 0 Å². The van der Waals surface area contributed by atoms with Crippen LogP contribution in [0.25, 0.3) is 0 Å². The van der Waals surface area contributed by atoms with Gasteiger partial charge in [0.25, 0.3) is 10.0 Å². The monoisotopic (exact) mass is 377 g/mol. The molecule has 0 aromatic heterocycles. The molecule has 0 spiro atoms. The van der Waals surface area contributed by atoms with Crippen molar-refractivity contribution in [2.75, 3.05) is 24.6 Å². The van der Waals surface area contributed by atoms with E-state index in [-0.39, 0.29) is 11.5 Å². The van der Waals surface area contributed by atoms with Gasteiger partial charge in [-0.25, -0.2) is 8.42 Å². The van der Waals surface area contributed by atoms with Gasteiger partial charge in [0.2, 0.25) is 0 Å². The second kappa shape index (κ2) is 8.23. The number of anilines is 1. The van der Waals surface area contributed by atoms with Gasteiger partial charge >= 0.3 is 5.97 Å². The highest BCUT2D eigenvalue weighted by molar-refractivity contribution is 7.92. The number of carbonyl (C=O) groups excluding carboxylic acids is 1. The second-order valence-electron chi connectivity index (χ2n) is 5.76. The van der Waals surface area contributed by atoms with E-state index in [1.807, 2.05) is 19.9 Å². The van der Waals surface area contributed by atoms with Crippen LogP contribution in [0.4, 0.5) is 5.69 Å². The Balaban J connectivity index is 2.49. The van der Waals surface area contributed by atoms with Gasteiger partial charge in [0.05, 0.1) is 24.3 Å². The van der Waals surface area contributed by atoms with Crippen LogP contribution in [0.5, 0.6) is 5.75 Å². The first-order chi connectivity index (χ1) is 12.3. The van der Waals surface area contributed by atoms with Crippen molar-refractivity contribution in [1.29, 1.82) is 0 Å². The maximum Gasteiger partial charge on any atom is 0.326 e. The molecule has 0 heterocycles. The Labute approximate surface area is 154 Å². The molecule has 6 nitrogen and oxygen atoms in total. The lowest BCUT2D eigenvalue weighted by Crippen LogP contribution is -2.36. The summed E-state index contributed by atoms with van der Waals surface area (Å²) in [5.74, 6) is -0.0603. The van der Waals surface area contributed by atoms with Gasteiger partial charge in [-0.3, -0.25) is 9.10 Å². The first-order valence-electron chi connectivity index (χ1n) is 8.19. The van der Waals surface area contributed by atoms with E-state index in [0.717, 1.165) is 15.4 Å². The van der Waals surface area contributed by atoms with E-state index in [4.69, 9.17) is 9.47 Å². The molecule has 0 saturated heterocycles. The third-order valence-electron chi connectivity index (χ3n) is 4.00. The van der Waals surface area contributed by atoms with E-state index in [9.17, 15) is 13.2 Å². The van der Waals surface area contributed by atoms with Gasteiger partial charge < -0.3 is 9.47 Å². The zero-order chi connectivity index (χ0) is 19.3. The molecule has 140 valence electrons. The number of carbonyl (C=O) groups is 1. The molecule has 0 aliphatic carbocycles. The summed E-state index contributed by atoms with van der Waals surface area (Å²) in [6, 6.07) is 11.3. The van der Waals surface area contributed by atoms with Gasteiger partial charge in [-0.1, -0.05) is 6.07 Å². The van der Waals surface area contributed by atoms with E-state index in [2.05, 4.69) is 0 Å². The fourth-order valence-electron chi connectivity index (χ4n) is 2.39. The molecule has 0 amide bonds. The molecular formula is C19H23NO5S. The number of sulfonamides is 1. The first-order valence-corrected chi connectivity index (χ1v) is 9.63. The summed E-state index contributed by atoms with van der Waals surface area (Å²) in [5, 5.41) is 0. The number of aryl methyl sites for hydroxylation is 2. The SMILES string of the molecule is CCOC(=O)CN(c1ccc(C)c(C)c1)S(=O)(=O)c1ccc(OC)cc1. The first kappa shape index (κ1) is 19.8. The predicted octanol–water partition coefficient (Wildman–Crippen LogP) is 3.07. The fraction of sp³-hybridized carbons (Fsp3) is 0.316. The van der Waals surface area contributed by atoms with Gasteiger partial charge in [-0.05, 0) is 68.3 Å². The van der Waals surface area contributed by atoms with Gasteiger partial charge in [-0.2, -0.15) is 0 Å². The number of hydrogen-bond acceptors (Lipinski definition) is 5. The third-order valence-corrected chi connectivity index (χ3v) is 5.79.